The first-order valence-electron chi connectivity index (χ1n) is 6.90. The number of nitrogens with one attached hydrogen (secondary N) is 1. The molecule has 0 aromatic rings. The van der Waals surface area contributed by atoms with Gasteiger partial charge in [0, 0.05) is 40.0 Å². The summed E-state index contributed by atoms with van der Waals surface area (Å²) in [7, 11) is 1.70. The van der Waals surface area contributed by atoms with E-state index in [-0.39, 0.29) is 18.6 Å². The van der Waals surface area contributed by atoms with Gasteiger partial charge < -0.3 is 20.1 Å². The van der Waals surface area contributed by atoms with Gasteiger partial charge in [-0.25, -0.2) is 4.79 Å². The monoisotopic (exact) mass is 258 g/mol. The number of urea groups is 1. The molecule has 1 rings (SSSR count). The molecule has 2 N–H and O–H groups in total. The number of rotatable bonds is 7. The summed E-state index contributed by atoms with van der Waals surface area (Å²) in [6.07, 6.45) is 5.13. The zero-order valence-corrected chi connectivity index (χ0v) is 11.4. The lowest BCUT2D eigenvalue weighted by Crippen LogP contribution is -2.46. The predicted octanol–water partition coefficient (Wildman–Crippen LogP) is 1.22. The zero-order valence-electron chi connectivity index (χ0n) is 11.4. The summed E-state index contributed by atoms with van der Waals surface area (Å²) in [5.74, 6) is 0.256. The lowest BCUT2D eigenvalue weighted by atomic mass is 9.99. The van der Waals surface area contributed by atoms with Gasteiger partial charge in [-0.2, -0.15) is 0 Å². The van der Waals surface area contributed by atoms with Crippen molar-refractivity contribution >= 4 is 6.03 Å². The summed E-state index contributed by atoms with van der Waals surface area (Å²) >= 11 is 0. The molecular formula is C13H26N2O3. The number of carbonyl (C=O) groups excluding carboxylic acids is 1. The minimum absolute atomic E-state index is 0.0138. The Bertz CT molecular complexity index is 236. The molecule has 0 aromatic carbocycles. The van der Waals surface area contributed by atoms with Crippen LogP contribution in [0.1, 0.15) is 32.1 Å². The number of piperidine rings is 1. The fourth-order valence-corrected chi connectivity index (χ4v) is 2.25. The quantitative estimate of drug-likeness (QED) is 0.675. The molecule has 1 aliphatic heterocycles. The molecule has 5 nitrogen and oxygen atoms in total. The number of aliphatic hydroxyl groups is 1. The molecule has 0 aliphatic carbocycles. The molecule has 1 atom stereocenters. The smallest absolute Gasteiger partial charge is 0.317 e. The Labute approximate surface area is 109 Å². The van der Waals surface area contributed by atoms with E-state index in [2.05, 4.69) is 5.32 Å². The number of methoxy groups -OCH3 is 1. The van der Waals surface area contributed by atoms with Crippen LogP contribution in [0.15, 0.2) is 0 Å². The lowest BCUT2D eigenvalue weighted by molar-refractivity contribution is 0.129. The summed E-state index contributed by atoms with van der Waals surface area (Å²) < 4.78 is 4.97. The van der Waals surface area contributed by atoms with E-state index >= 15 is 0 Å². The van der Waals surface area contributed by atoms with Crippen LogP contribution in [0.3, 0.4) is 0 Å². The van der Waals surface area contributed by atoms with E-state index in [1.165, 1.54) is 0 Å². The van der Waals surface area contributed by atoms with Crippen molar-refractivity contribution in [3.63, 3.8) is 0 Å². The summed E-state index contributed by atoms with van der Waals surface area (Å²) in [6, 6.07) is 0.0138. The van der Waals surface area contributed by atoms with Gasteiger partial charge in [0.2, 0.25) is 0 Å². The fourth-order valence-electron chi connectivity index (χ4n) is 2.25. The van der Waals surface area contributed by atoms with Crippen molar-refractivity contribution in [3.05, 3.63) is 0 Å². The van der Waals surface area contributed by atoms with E-state index in [9.17, 15) is 4.79 Å². The number of ether oxygens (including phenoxy) is 1. The molecule has 5 heteroatoms. The highest BCUT2D eigenvalue weighted by molar-refractivity contribution is 5.74. The maximum atomic E-state index is 11.9. The maximum Gasteiger partial charge on any atom is 0.317 e. The van der Waals surface area contributed by atoms with Crippen molar-refractivity contribution < 1.29 is 14.6 Å². The van der Waals surface area contributed by atoms with Crippen molar-refractivity contribution in [2.45, 2.75) is 32.1 Å². The topological polar surface area (TPSA) is 61.8 Å². The van der Waals surface area contributed by atoms with Gasteiger partial charge in [-0.3, -0.25) is 0 Å². The van der Waals surface area contributed by atoms with Gasteiger partial charge >= 0.3 is 6.03 Å². The molecule has 0 radical (unpaired) electrons. The standard InChI is InChI=1S/C13H26N2O3/c1-18-9-4-2-3-7-14-13(17)15-8-5-6-12(10-15)11-16/h12,16H,2-11H2,1H3,(H,14,17). The van der Waals surface area contributed by atoms with Crippen LogP contribution in [-0.4, -0.2) is 56.0 Å². The van der Waals surface area contributed by atoms with Crippen molar-refractivity contribution in [1.82, 2.24) is 10.2 Å². The van der Waals surface area contributed by atoms with E-state index in [0.717, 1.165) is 51.8 Å². The highest BCUT2D eigenvalue weighted by Crippen LogP contribution is 2.15. The Morgan fingerprint density at radius 1 is 1.44 bits per heavy atom. The van der Waals surface area contributed by atoms with Gasteiger partial charge in [0.1, 0.15) is 0 Å². The molecule has 1 aliphatic rings. The summed E-state index contributed by atoms with van der Waals surface area (Å²) in [5, 5.41) is 12.1. The molecule has 1 heterocycles. The number of unbranched alkanes of at least 4 members (excludes halogenated alkanes) is 2. The van der Waals surface area contributed by atoms with E-state index < -0.39 is 0 Å². The maximum absolute atomic E-state index is 11.9. The third-order valence-electron chi connectivity index (χ3n) is 3.37. The summed E-state index contributed by atoms with van der Waals surface area (Å²) in [6.45, 7) is 3.19. The minimum Gasteiger partial charge on any atom is -0.396 e. The van der Waals surface area contributed by atoms with Crippen LogP contribution < -0.4 is 5.32 Å². The first kappa shape index (κ1) is 15.2. The molecular weight excluding hydrogens is 232 g/mol. The number of carbonyl (C=O) groups is 1. The van der Waals surface area contributed by atoms with E-state index in [4.69, 9.17) is 9.84 Å². The van der Waals surface area contributed by atoms with Gasteiger partial charge in [0.05, 0.1) is 0 Å². The van der Waals surface area contributed by atoms with Gasteiger partial charge in [0.25, 0.3) is 0 Å². The van der Waals surface area contributed by atoms with Gasteiger partial charge in [0.15, 0.2) is 0 Å². The second-order valence-electron chi connectivity index (χ2n) is 4.92. The Morgan fingerprint density at radius 3 is 3.00 bits per heavy atom. The van der Waals surface area contributed by atoms with Crippen molar-refractivity contribution in [2.75, 3.05) is 40.0 Å². The number of hydrogen-bond donors (Lipinski definition) is 2. The second kappa shape index (κ2) is 9.16. The number of nitrogens with zero attached hydrogens (tertiary/aromatic N) is 1. The Hall–Kier alpha value is -0.810. The van der Waals surface area contributed by atoms with E-state index in [0.29, 0.717) is 6.54 Å². The second-order valence-corrected chi connectivity index (χ2v) is 4.92. The first-order chi connectivity index (χ1) is 8.77. The lowest BCUT2D eigenvalue weighted by Gasteiger charge is -2.31. The zero-order chi connectivity index (χ0) is 13.2. The first-order valence-corrected chi connectivity index (χ1v) is 6.90. The van der Waals surface area contributed by atoms with Gasteiger partial charge in [-0.05, 0) is 38.0 Å². The molecule has 1 fully saturated rings. The third kappa shape index (κ3) is 5.69. The molecule has 18 heavy (non-hydrogen) atoms. The van der Waals surface area contributed by atoms with Crippen LogP contribution in [-0.2, 0) is 4.74 Å². The molecule has 0 spiro atoms. The van der Waals surface area contributed by atoms with Crippen LogP contribution in [0.4, 0.5) is 4.79 Å². The SMILES string of the molecule is COCCCCCNC(=O)N1CCCC(CO)C1. The number of likely N-dealkylation sites (tertiary alicyclic amines) is 1. The van der Waals surface area contributed by atoms with E-state index in [1.54, 1.807) is 7.11 Å². The highest BCUT2D eigenvalue weighted by atomic mass is 16.5. The molecule has 1 saturated heterocycles. The van der Waals surface area contributed by atoms with Crippen molar-refractivity contribution in [3.8, 4) is 0 Å². The molecule has 106 valence electrons. The van der Waals surface area contributed by atoms with Crippen LogP contribution in [0.25, 0.3) is 0 Å². The predicted molar refractivity (Wildman–Crippen MR) is 70.5 cm³/mol. The number of hydrogen-bond acceptors (Lipinski definition) is 3. The molecule has 0 saturated carbocycles. The minimum atomic E-state index is 0.0138. The van der Waals surface area contributed by atoms with Gasteiger partial charge in [-0.15, -0.1) is 0 Å². The largest absolute Gasteiger partial charge is 0.396 e. The number of aliphatic hydroxyl groups excluding tert-OH is 1. The Morgan fingerprint density at radius 2 is 2.28 bits per heavy atom. The Balaban J connectivity index is 2.08. The van der Waals surface area contributed by atoms with Crippen molar-refractivity contribution in [1.29, 1.82) is 0 Å². The molecule has 2 amide bonds. The average molecular weight is 258 g/mol. The van der Waals surface area contributed by atoms with Crippen molar-refractivity contribution in [2.24, 2.45) is 5.92 Å². The Kier molecular flexibility index (Phi) is 7.76. The highest BCUT2D eigenvalue weighted by Gasteiger charge is 2.22. The van der Waals surface area contributed by atoms with Gasteiger partial charge in [-0.1, -0.05) is 0 Å². The summed E-state index contributed by atoms with van der Waals surface area (Å²) in [4.78, 5) is 13.7. The molecule has 1 unspecified atom stereocenters. The average Bonchev–Trinajstić information content (AvgIpc) is 2.42. The molecule has 0 bridgehead atoms. The van der Waals surface area contributed by atoms with Crippen LogP contribution >= 0.6 is 0 Å². The van der Waals surface area contributed by atoms with Crippen LogP contribution in [0, 0.1) is 5.92 Å². The summed E-state index contributed by atoms with van der Waals surface area (Å²) in [5.41, 5.74) is 0. The molecule has 0 aromatic heterocycles. The number of amides is 2. The normalized spacial score (nSPS) is 19.9. The van der Waals surface area contributed by atoms with Crippen LogP contribution in [0.2, 0.25) is 0 Å². The van der Waals surface area contributed by atoms with Crippen LogP contribution in [0.5, 0.6) is 0 Å². The van der Waals surface area contributed by atoms with E-state index in [1.807, 2.05) is 4.90 Å². The third-order valence-corrected chi connectivity index (χ3v) is 3.37. The fraction of sp³-hybridized carbons (Fsp3) is 0.923.